The van der Waals surface area contributed by atoms with Crippen LogP contribution in [0.15, 0.2) is 18.2 Å². The van der Waals surface area contributed by atoms with E-state index in [0.717, 1.165) is 12.5 Å². The first kappa shape index (κ1) is 13.6. The van der Waals surface area contributed by atoms with E-state index in [-0.39, 0.29) is 0 Å². The monoisotopic (exact) mass is 246 g/mol. The van der Waals surface area contributed by atoms with Crippen molar-refractivity contribution in [1.82, 2.24) is 10.2 Å². The third kappa shape index (κ3) is 3.12. The normalized spacial score (nSPS) is 22.3. The Labute approximate surface area is 111 Å². The molecule has 0 amide bonds. The van der Waals surface area contributed by atoms with Crippen LogP contribution in [0.3, 0.4) is 0 Å². The Morgan fingerprint density at radius 1 is 1.39 bits per heavy atom. The molecule has 0 saturated carbocycles. The fourth-order valence-electron chi connectivity index (χ4n) is 2.93. The minimum atomic E-state index is 0.454. The van der Waals surface area contributed by atoms with Crippen LogP contribution in [-0.4, -0.2) is 31.6 Å². The predicted octanol–water partition coefficient (Wildman–Crippen LogP) is 2.91. The highest BCUT2D eigenvalue weighted by atomic mass is 15.2. The van der Waals surface area contributed by atoms with Gasteiger partial charge in [-0.15, -0.1) is 0 Å². The lowest BCUT2D eigenvalue weighted by molar-refractivity contribution is 0.290. The van der Waals surface area contributed by atoms with Gasteiger partial charge in [-0.25, -0.2) is 0 Å². The molecule has 0 radical (unpaired) electrons. The Hall–Kier alpha value is -0.860. The summed E-state index contributed by atoms with van der Waals surface area (Å²) in [6.07, 6.45) is 1.35. The van der Waals surface area contributed by atoms with Gasteiger partial charge >= 0.3 is 0 Å². The first-order valence-corrected chi connectivity index (χ1v) is 7.07. The molecule has 1 fully saturated rings. The largest absolute Gasteiger partial charge is 0.312 e. The van der Waals surface area contributed by atoms with Gasteiger partial charge in [0.05, 0.1) is 0 Å². The molecule has 0 bridgehead atoms. The van der Waals surface area contributed by atoms with E-state index in [1.54, 1.807) is 0 Å². The van der Waals surface area contributed by atoms with Gasteiger partial charge < -0.3 is 10.2 Å². The number of aryl methyl sites for hydroxylation is 2. The molecule has 1 aromatic carbocycles. The van der Waals surface area contributed by atoms with Crippen LogP contribution in [0.4, 0.5) is 0 Å². The summed E-state index contributed by atoms with van der Waals surface area (Å²) in [6, 6.07) is 7.22. The lowest BCUT2D eigenvalue weighted by atomic mass is 9.98. The Bertz CT molecular complexity index is 400. The topological polar surface area (TPSA) is 15.3 Å². The molecule has 1 aromatic rings. The standard InChI is InChI=1S/C16H26N2/c1-12-5-6-14(3)15(9-12)16(17-4)11-18-8-7-13(2)10-18/h5-6,9,13,16-17H,7-8,10-11H2,1-4H3. The van der Waals surface area contributed by atoms with Crippen LogP contribution in [0.25, 0.3) is 0 Å². The van der Waals surface area contributed by atoms with Gasteiger partial charge in [-0.3, -0.25) is 0 Å². The Balaban J connectivity index is 2.10. The maximum absolute atomic E-state index is 3.49. The smallest absolute Gasteiger partial charge is 0.0449 e. The van der Waals surface area contributed by atoms with Crippen molar-refractivity contribution >= 4 is 0 Å². The molecule has 2 rings (SSSR count). The van der Waals surface area contributed by atoms with E-state index in [0.29, 0.717) is 6.04 Å². The number of nitrogens with one attached hydrogen (secondary N) is 1. The van der Waals surface area contributed by atoms with Gasteiger partial charge in [-0.1, -0.05) is 30.7 Å². The van der Waals surface area contributed by atoms with Gasteiger partial charge in [0.15, 0.2) is 0 Å². The molecule has 0 aromatic heterocycles. The van der Waals surface area contributed by atoms with Crippen molar-refractivity contribution in [2.75, 3.05) is 26.7 Å². The zero-order valence-electron chi connectivity index (χ0n) is 12.2. The quantitative estimate of drug-likeness (QED) is 0.879. The molecule has 2 nitrogen and oxygen atoms in total. The van der Waals surface area contributed by atoms with E-state index >= 15 is 0 Å². The van der Waals surface area contributed by atoms with Crippen molar-refractivity contribution in [1.29, 1.82) is 0 Å². The van der Waals surface area contributed by atoms with Gasteiger partial charge in [0.25, 0.3) is 0 Å². The lowest BCUT2D eigenvalue weighted by Gasteiger charge is -2.25. The Morgan fingerprint density at radius 3 is 2.78 bits per heavy atom. The minimum absolute atomic E-state index is 0.454. The second-order valence-electron chi connectivity index (χ2n) is 5.85. The first-order chi connectivity index (χ1) is 8.60. The van der Waals surface area contributed by atoms with E-state index in [1.165, 1.54) is 36.2 Å². The summed E-state index contributed by atoms with van der Waals surface area (Å²) < 4.78 is 0. The molecule has 100 valence electrons. The van der Waals surface area contributed by atoms with Gasteiger partial charge in [-0.05, 0) is 50.9 Å². The van der Waals surface area contributed by atoms with Crippen molar-refractivity contribution in [2.45, 2.75) is 33.2 Å². The number of hydrogen-bond donors (Lipinski definition) is 1. The van der Waals surface area contributed by atoms with Crippen LogP contribution in [0.5, 0.6) is 0 Å². The number of hydrogen-bond acceptors (Lipinski definition) is 2. The molecule has 1 aliphatic heterocycles. The average molecular weight is 246 g/mol. The minimum Gasteiger partial charge on any atom is -0.312 e. The van der Waals surface area contributed by atoms with E-state index in [9.17, 15) is 0 Å². The van der Waals surface area contributed by atoms with Crippen molar-refractivity contribution in [2.24, 2.45) is 5.92 Å². The second-order valence-corrected chi connectivity index (χ2v) is 5.85. The van der Waals surface area contributed by atoms with Crippen LogP contribution in [0.2, 0.25) is 0 Å². The summed E-state index contributed by atoms with van der Waals surface area (Å²) in [5.74, 6) is 0.862. The van der Waals surface area contributed by atoms with E-state index < -0.39 is 0 Å². The number of rotatable bonds is 4. The SMILES string of the molecule is CNC(CN1CCC(C)C1)c1cc(C)ccc1C. The van der Waals surface area contributed by atoms with E-state index in [1.807, 2.05) is 0 Å². The van der Waals surface area contributed by atoms with E-state index in [4.69, 9.17) is 0 Å². The lowest BCUT2D eigenvalue weighted by Crippen LogP contribution is -2.32. The third-order valence-corrected chi connectivity index (χ3v) is 4.11. The van der Waals surface area contributed by atoms with Crippen LogP contribution in [0.1, 0.15) is 36.1 Å². The number of nitrogens with zero attached hydrogens (tertiary/aromatic N) is 1. The van der Waals surface area contributed by atoms with E-state index in [2.05, 4.69) is 56.2 Å². The van der Waals surface area contributed by atoms with Crippen LogP contribution < -0.4 is 5.32 Å². The summed E-state index contributed by atoms with van der Waals surface area (Å²) in [4.78, 5) is 2.59. The summed E-state index contributed by atoms with van der Waals surface area (Å²) in [5.41, 5.74) is 4.20. The van der Waals surface area contributed by atoms with Crippen molar-refractivity contribution < 1.29 is 0 Å². The second kappa shape index (κ2) is 5.85. The maximum Gasteiger partial charge on any atom is 0.0449 e. The third-order valence-electron chi connectivity index (χ3n) is 4.11. The summed E-state index contributed by atoms with van der Waals surface area (Å²) >= 11 is 0. The number of likely N-dealkylation sites (tertiary alicyclic amines) is 1. The molecule has 1 heterocycles. The number of benzene rings is 1. The molecule has 0 spiro atoms. The summed E-state index contributed by atoms with van der Waals surface area (Å²) in [7, 11) is 2.08. The predicted molar refractivity (Wildman–Crippen MR) is 77.9 cm³/mol. The summed E-state index contributed by atoms with van der Waals surface area (Å²) in [5, 5.41) is 3.49. The van der Waals surface area contributed by atoms with Gasteiger partial charge in [0.1, 0.15) is 0 Å². The molecule has 2 atom stereocenters. The van der Waals surface area contributed by atoms with Crippen molar-refractivity contribution in [3.05, 3.63) is 34.9 Å². The zero-order chi connectivity index (χ0) is 13.1. The summed E-state index contributed by atoms with van der Waals surface area (Å²) in [6.45, 7) is 10.4. The number of likely N-dealkylation sites (N-methyl/N-ethyl adjacent to an activating group) is 1. The Morgan fingerprint density at radius 2 is 2.17 bits per heavy atom. The van der Waals surface area contributed by atoms with Gasteiger partial charge in [0.2, 0.25) is 0 Å². The molecule has 0 aliphatic carbocycles. The zero-order valence-corrected chi connectivity index (χ0v) is 12.2. The average Bonchev–Trinajstić information content (AvgIpc) is 2.75. The highest BCUT2D eigenvalue weighted by molar-refractivity contribution is 5.33. The molecular weight excluding hydrogens is 220 g/mol. The molecule has 2 unspecified atom stereocenters. The van der Waals surface area contributed by atoms with Crippen LogP contribution in [0, 0.1) is 19.8 Å². The van der Waals surface area contributed by atoms with Crippen LogP contribution in [-0.2, 0) is 0 Å². The molecular formula is C16H26N2. The van der Waals surface area contributed by atoms with Gasteiger partial charge in [0, 0.05) is 19.1 Å². The fraction of sp³-hybridized carbons (Fsp3) is 0.625. The molecule has 2 heteroatoms. The van der Waals surface area contributed by atoms with Gasteiger partial charge in [-0.2, -0.15) is 0 Å². The molecule has 1 N–H and O–H groups in total. The molecule has 18 heavy (non-hydrogen) atoms. The highest BCUT2D eigenvalue weighted by Gasteiger charge is 2.22. The first-order valence-electron chi connectivity index (χ1n) is 7.07. The fourth-order valence-corrected chi connectivity index (χ4v) is 2.93. The van der Waals surface area contributed by atoms with Crippen molar-refractivity contribution in [3.8, 4) is 0 Å². The maximum atomic E-state index is 3.49. The van der Waals surface area contributed by atoms with Crippen molar-refractivity contribution in [3.63, 3.8) is 0 Å². The molecule has 1 aliphatic rings. The highest BCUT2D eigenvalue weighted by Crippen LogP contribution is 2.23. The molecule has 1 saturated heterocycles. The van der Waals surface area contributed by atoms with Crippen LogP contribution >= 0.6 is 0 Å². The Kier molecular flexibility index (Phi) is 4.41.